The van der Waals surface area contributed by atoms with Crippen LogP contribution in [-0.2, 0) is 0 Å². The Bertz CT molecular complexity index is 782. The molecule has 0 aliphatic carbocycles. The van der Waals surface area contributed by atoms with Gasteiger partial charge in [-0.05, 0) is 61.4 Å². The van der Waals surface area contributed by atoms with Crippen molar-refractivity contribution >= 4 is 11.3 Å². The Morgan fingerprint density at radius 2 is 1.88 bits per heavy atom. The van der Waals surface area contributed by atoms with Crippen LogP contribution in [0.2, 0.25) is 0 Å². The van der Waals surface area contributed by atoms with E-state index < -0.39 is 0 Å². The zero-order valence-corrected chi connectivity index (χ0v) is 14.0. The van der Waals surface area contributed by atoms with Crippen LogP contribution < -0.4 is 5.32 Å². The molecule has 2 nitrogen and oxygen atoms in total. The fraction of sp³-hybridized carbons (Fsp3) is 0.0952. The van der Waals surface area contributed by atoms with Crippen LogP contribution in [0, 0.1) is 12.7 Å². The number of halogens is 1. The number of benzene rings is 1. The smallest absolute Gasteiger partial charge is 0.123 e. The second-order valence-corrected chi connectivity index (χ2v) is 5.52. The zero-order valence-electron chi connectivity index (χ0n) is 14.0. The van der Waals surface area contributed by atoms with E-state index in [1.807, 2.05) is 44.3 Å². The van der Waals surface area contributed by atoms with Crippen molar-refractivity contribution in [3.8, 4) is 0 Å². The second-order valence-electron chi connectivity index (χ2n) is 5.52. The summed E-state index contributed by atoms with van der Waals surface area (Å²) in [6, 6.07) is 10.2. The molecule has 0 fully saturated rings. The topological polar surface area (TPSA) is 24.9 Å². The van der Waals surface area contributed by atoms with Crippen molar-refractivity contribution in [2.75, 3.05) is 5.32 Å². The highest BCUT2D eigenvalue weighted by Gasteiger charge is 2.04. The first kappa shape index (κ1) is 17.4. The Morgan fingerprint density at radius 3 is 2.42 bits per heavy atom. The summed E-state index contributed by atoms with van der Waals surface area (Å²) in [5.74, 6) is -0.264. The molecule has 24 heavy (non-hydrogen) atoms. The van der Waals surface area contributed by atoms with Crippen LogP contribution in [0.25, 0.3) is 5.57 Å². The Hall–Kier alpha value is -2.94. The Labute approximate surface area is 142 Å². The normalized spacial score (nSPS) is 12.0. The molecule has 0 aliphatic heterocycles. The summed E-state index contributed by atoms with van der Waals surface area (Å²) in [4.78, 5) is 4.34. The first-order chi connectivity index (χ1) is 11.5. The van der Waals surface area contributed by atoms with Crippen LogP contribution in [0.3, 0.4) is 0 Å². The molecule has 0 spiro atoms. The van der Waals surface area contributed by atoms with Crippen molar-refractivity contribution in [3.05, 3.63) is 102 Å². The molecule has 0 radical (unpaired) electrons. The zero-order chi connectivity index (χ0) is 17.5. The van der Waals surface area contributed by atoms with Gasteiger partial charge in [-0.3, -0.25) is 4.98 Å². The highest BCUT2D eigenvalue weighted by molar-refractivity contribution is 5.77. The van der Waals surface area contributed by atoms with Gasteiger partial charge in [0.15, 0.2) is 0 Å². The number of pyridine rings is 1. The number of nitrogens with zero attached hydrogens (tertiary/aromatic N) is 1. The van der Waals surface area contributed by atoms with Crippen molar-refractivity contribution < 1.29 is 4.39 Å². The third kappa shape index (κ3) is 4.78. The number of nitrogens with one attached hydrogen (secondary N) is 1. The van der Waals surface area contributed by atoms with Gasteiger partial charge < -0.3 is 5.32 Å². The monoisotopic (exact) mass is 320 g/mol. The molecule has 1 heterocycles. The van der Waals surface area contributed by atoms with Crippen LogP contribution in [0.1, 0.15) is 18.2 Å². The summed E-state index contributed by atoms with van der Waals surface area (Å²) in [5, 5.41) is 3.28. The van der Waals surface area contributed by atoms with Gasteiger partial charge in [0.1, 0.15) is 5.82 Å². The van der Waals surface area contributed by atoms with Crippen molar-refractivity contribution in [1.82, 2.24) is 4.98 Å². The highest BCUT2D eigenvalue weighted by Crippen LogP contribution is 2.22. The number of rotatable bonds is 6. The van der Waals surface area contributed by atoms with Crippen LogP contribution in [0.4, 0.5) is 10.1 Å². The average Bonchev–Trinajstić information content (AvgIpc) is 2.56. The fourth-order valence-corrected chi connectivity index (χ4v) is 2.10. The van der Waals surface area contributed by atoms with E-state index in [1.54, 1.807) is 18.2 Å². The van der Waals surface area contributed by atoms with Gasteiger partial charge in [-0.15, -0.1) is 0 Å². The van der Waals surface area contributed by atoms with E-state index in [9.17, 15) is 4.39 Å². The van der Waals surface area contributed by atoms with Gasteiger partial charge in [-0.2, -0.15) is 0 Å². The predicted molar refractivity (Wildman–Crippen MR) is 100 cm³/mol. The number of hydrogen-bond acceptors (Lipinski definition) is 2. The van der Waals surface area contributed by atoms with Gasteiger partial charge in [0.05, 0.1) is 0 Å². The maximum Gasteiger partial charge on any atom is 0.123 e. The maximum atomic E-state index is 13.1. The Morgan fingerprint density at radius 1 is 1.17 bits per heavy atom. The summed E-state index contributed by atoms with van der Waals surface area (Å²) in [6.45, 7) is 11.7. The van der Waals surface area contributed by atoms with Gasteiger partial charge in [-0.1, -0.05) is 31.4 Å². The molecule has 1 N–H and O–H groups in total. The molecule has 2 rings (SSSR count). The van der Waals surface area contributed by atoms with Crippen LogP contribution in [0.15, 0.2) is 85.3 Å². The summed E-state index contributed by atoms with van der Waals surface area (Å²) in [6.07, 6.45) is 7.47. The molecule has 2 aromatic rings. The summed E-state index contributed by atoms with van der Waals surface area (Å²) in [7, 11) is 0. The lowest BCUT2D eigenvalue weighted by atomic mass is 10.0. The Balaban J connectivity index is 2.37. The number of allylic oxidation sites excluding steroid dienone is 5. The average molecular weight is 320 g/mol. The van der Waals surface area contributed by atoms with E-state index in [0.717, 1.165) is 33.8 Å². The lowest BCUT2D eigenvalue weighted by Gasteiger charge is -2.13. The summed E-state index contributed by atoms with van der Waals surface area (Å²) in [5.41, 5.74) is 5.42. The number of aryl methyl sites for hydroxylation is 1. The molecule has 3 heteroatoms. The summed E-state index contributed by atoms with van der Waals surface area (Å²) >= 11 is 0. The maximum absolute atomic E-state index is 13.1. The van der Waals surface area contributed by atoms with Gasteiger partial charge in [0.2, 0.25) is 0 Å². The lowest BCUT2D eigenvalue weighted by Crippen LogP contribution is -2.01. The quantitative estimate of drug-likeness (QED) is 0.694. The first-order valence-corrected chi connectivity index (χ1v) is 7.65. The second kappa shape index (κ2) is 8.06. The molecule has 0 amide bonds. The predicted octanol–water partition coefficient (Wildman–Crippen LogP) is 5.67. The van der Waals surface area contributed by atoms with E-state index in [-0.39, 0.29) is 5.82 Å². The minimum Gasteiger partial charge on any atom is -0.355 e. The molecule has 0 saturated heterocycles. The largest absolute Gasteiger partial charge is 0.355 e. The van der Waals surface area contributed by atoms with E-state index in [2.05, 4.69) is 23.5 Å². The van der Waals surface area contributed by atoms with Crippen molar-refractivity contribution in [2.45, 2.75) is 13.8 Å². The van der Waals surface area contributed by atoms with E-state index in [0.29, 0.717) is 0 Å². The molecule has 1 aromatic heterocycles. The molecule has 1 aromatic carbocycles. The van der Waals surface area contributed by atoms with Crippen LogP contribution >= 0.6 is 0 Å². The summed E-state index contributed by atoms with van der Waals surface area (Å²) < 4.78 is 13.1. The van der Waals surface area contributed by atoms with E-state index >= 15 is 0 Å². The SMILES string of the molecule is C=C/C=C(\C=C(\Nc1ccc(F)cc1)C(=C)C)c1ccc(C)nc1. The standard InChI is InChI=1S/C21H21FN2/c1-5-6-17(18-8-7-16(4)23-14-18)13-21(15(2)3)24-20-11-9-19(22)10-12-20/h5-14,24H,1-2H2,3-4H3/b17-6+,21-13+. The third-order valence-corrected chi connectivity index (χ3v) is 3.42. The fourth-order valence-electron chi connectivity index (χ4n) is 2.10. The van der Waals surface area contributed by atoms with Crippen LogP contribution in [-0.4, -0.2) is 4.98 Å². The van der Waals surface area contributed by atoms with Crippen molar-refractivity contribution in [3.63, 3.8) is 0 Å². The molecule has 0 atom stereocenters. The minimum atomic E-state index is -0.264. The molecule has 0 aliphatic rings. The van der Waals surface area contributed by atoms with Crippen LogP contribution in [0.5, 0.6) is 0 Å². The Kier molecular flexibility index (Phi) is 5.85. The van der Waals surface area contributed by atoms with Gasteiger partial charge in [0.25, 0.3) is 0 Å². The molecule has 0 bridgehead atoms. The van der Waals surface area contributed by atoms with Crippen molar-refractivity contribution in [2.24, 2.45) is 0 Å². The van der Waals surface area contributed by atoms with Gasteiger partial charge >= 0.3 is 0 Å². The number of hydrogen-bond donors (Lipinski definition) is 1. The van der Waals surface area contributed by atoms with Crippen molar-refractivity contribution in [1.29, 1.82) is 0 Å². The minimum absolute atomic E-state index is 0.264. The third-order valence-electron chi connectivity index (χ3n) is 3.42. The number of aromatic nitrogens is 1. The van der Waals surface area contributed by atoms with Gasteiger partial charge in [-0.25, -0.2) is 4.39 Å². The molecule has 122 valence electrons. The lowest BCUT2D eigenvalue weighted by molar-refractivity contribution is 0.628. The van der Waals surface area contributed by atoms with E-state index in [1.165, 1.54) is 12.1 Å². The number of anilines is 1. The van der Waals surface area contributed by atoms with E-state index in [4.69, 9.17) is 0 Å². The molecular weight excluding hydrogens is 299 g/mol. The first-order valence-electron chi connectivity index (χ1n) is 7.65. The molecule has 0 unspecified atom stereocenters. The molecule has 0 saturated carbocycles. The van der Waals surface area contributed by atoms with Gasteiger partial charge in [0, 0.05) is 28.8 Å². The molecular formula is C21H21FN2. The highest BCUT2D eigenvalue weighted by atomic mass is 19.1.